The Bertz CT molecular complexity index is 554. The first kappa shape index (κ1) is 14.6. The maximum absolute atomic E-state index is 13.2. The number of halogens is 1. The molecule has 0 radical (unpaired) electrons. The molecule has 3 nitrogen and oxygen atoms in total. The lowest BCUT2D eigenvalue weighted by atomic mass is 10.1. The molecule has 0 aliphatic carbocycles. The van der Waals surface area contributed by atoms with Crippen molar-refractivity contribution in [3.05, 3.63) is 65.2 Å². The van der Waals surface area contributed by atoms with Crippen molar-refractivity contribution in [2.24, 2.45) is 5.73 Å². The molecule has 0 saturated heterocycles. The first-order valence-electron chi connectivity index (χ1n) is 6.67. The molecule has 0 aliphatic heterocycles. The van der Waals surface area contributed by atoms with Crippen molar-refractivity contribution in [2.45, 2.75) is 19.5 Å². The molecule has 0 spiro atoms. The van der Waals surface area contributed by atoms with Gasteiger partial charge in [-0.15, -0.1) is 0 Å². The SMILES string of the molecule is Cc1ccc(C(CN)N(C)Cc2cccc(F)c2)cn1. The van der Waals surface area contributed by atoms with E-state index in [-0.39, 0.29) is 11.9 Å². The van der Waals surface area contributed by atoms with Gasteiger partial charge in [0.15, 0.2) is 0 Å². The number of aromatic nitrogens is 1. The Labute approximate surface area is 119 Å². The van der Waals surface area contributed by atoms with E-state index in [4.69, 9.17) is 5.73 Å². The van der Waals surface area contributed by atoms with Crippen LogP contribution in [0, 0.1) is 12.7 Å². The van der Waals surface area contributed by atoms with Crippen molar-refractivity contribution >= 4 is 0 Å². The van der Waals surface area contributed by atoms with Gasteiger partial charge in [-0.3, -0.25) is 9.88 Å². The van der Waals surface area contributed by atoms with E-state index in [1.54, 1.807) is 12.1 Å². The second-order valence-electron chi connectivity index (χ2n) is 5.03. The normalized spacial score (nSPS) is 12.7. The van der Waals surface area contributed by atoms with Crippen LogP contribution >= 0.6 is 0 Å². The third-order valence-corrected chi connectivity index (χ3v) is 3.40. The fourth-order valence-corrected chi connectivity index (χ4v) is 2.28. The number of nitrogens with zero attached hydrogens (tertiary/aromatic N) is 2. The Morgan fingerprint density at radius 1 is 1.30 bits per heavy atom. The molecule has 1 heterocycles. The molecule has 2 N–H and O–H groups in total. The molecule has 4 heteroatoms. The van der Waals surface area contributed by atoms with Gasteiger partial charge in [0.2, 0.25) is 0 Å². The number of hydrogen-bond donors (Lipinski definition) is 1. The minimum absolute atomic E-state index is 0.0753. The van der Waals surface area contributed by atoms with Crippen LogP contribution in [0.2, 0.25) is 0 Å². The zero-order chi connectivity index (χ0) is 14.5. The Balaban J connectivity index is 2.13. The van der Waals surface area contributed by atoms with Crippen molar-refractivity contribution < 1.29 is 4.39 Å². The van der Waals surface area contributed by atoms with Crippen LogP contribution < -0.4 is 5.73 Å². The minimum Gasteiger partial charge on any atom is -0.329 e. The predicted octanol–water partition coefficient (Wildman–Crippen LogP) is 2.66. The van der Waals surface area contributed by atoms with Crippen molar-refractivity contribution in [1.82, 2.24) is 9.88 Å². The summed E-state index contributed by atoms with van der Waals surface area (Å²) in [6.07, 6.45) is 1.86. The highest BCUT2D eigenvalue weighted by Crippen LogP contribution is 2.20. The summed E-state index contributed by atoms with van der Waals surface area (Å²) in [6, 6.07) is 10.7. The van der Waals surface area contributed by atoms with E-state index in [0.717, 1.165) is 16.8 Å². The van der Waals surface area contributed by atoms with Crippen LogP contribution in [-0.4, -0.2) is 23.5 Å². The molecule has 0 fully saturated rings. The molecule has 20 heavy (non-hydrogen) atoms. The van der Waals surface area contributed by atoms with Crippen molar-refractivity contribution in [3.63, 3.8) is 0 Å². The monoisotopic (exact) mass is 273 g/mol. The van der Waals surface area contributed by atoms with E-state index in [1.165, 1.54) is 6.07 Å². The molecule has 1 aromatic heterocycles. The van der Waals surface area contributed by atoms with Gasteiger partial charge in [0.25, 0.3) is 0 Å². The number of aryl methyl sites for hydroxylation is 1. The maximum atomic E-state index is 13.2. The summed E-state index contributed by atoms with van der Waals surface area (Å²) in [6.45, 7) is 3.10. The smallest absolute Gasteiger partial charge is 0.123 e. The molecule has 1 atom stereocenters. The average molecular weight is 273 g/mol. The molecule has 106 valence electrons. The van der Waals surface area contributed by atoms with Crippen LogP contribution in [0.3, 0.4) is 0 Å². The number of likely N-dealkylation sites (N-methyl/N-ethyl adjacent to an activating group) is 1. The minimum atomic E-state index is -0.211. The van der Waals surface area contributed by atoms with Gasteiger partial charge in [-0.25, -0.2) is 4.39 Å². The fourth-order valence-electron chi connectivity index (χ4n) is 2.28. The van der Waals surface area contributed by atoms with Gasteiger partial charge >= 0.3 is 0 Å². The number of hydrogen-bond acceptors (Lipinski definition) is 3. The summed E-state index contributed by atoms with van der Waals surface area (Å²) in [5.41, 5.74) is 8.88. The largest absolute Gasteiger partial charge is 0.329 e. The van der Waals surface area contributed by atoms with Gasteiger partial charge in [-0.05, 0) is 43.3 Å². The van der Waals surface area contributed by atoms with Crippen LogP contribution in [0.25, 0.3) is 0 Å². The summed E-state index contributed by atoms with van der Waals surface area (Å²) < 4.78 is 13.2. The predicted molar refractivity (Wildman–Crippen MR) is 78.6 cm³/mol. The lowest BCUT2D eigenvalue weighted by Crippen LogP contribution is -2.30. The first-order valence-corrected chi connectivity index (χ1v) is 6.67. The number of pyridine rings is 1. The van der Waals surface area contributed by atoms with Gasteiger partial charge in [-0.2, -0.15) is 0 Å². The Morgan fingerprint density at radius 3 is 2.70 bits per heavy atom. The first-order chi connectivity index (χ1) is 9.60. The van der Waals surface area contributed by atoms with E-state index in [9.17, 15) is 4.39 Å². The van der Waals surface area contributed by atoms with Crippen molar-refractivity contribution in [2.75, 3.05) is 13.6 Å². The Hall–Kier alpha value is -1.78. The Morgan fingerprint density at radius 2 is 2.10 bits per heavy atom. The molecule has 1 aromatic carbocycles. The third-order valence-electron chi connectivity index (χ3n) is 3.40. The van der Waals surface area contributed by atoms with Gasteiger partial charge in [0.1, 0.15) is 5.82 Å². The number of rotatable bonds is 5. The van der Waals surface area contributed by atoms with E-state index >= 15 is 0 Å². The molecule has 0 amide bonds. The topological polar surface area (TPSA) is 42.1 Å². The van der Waals surface area contributed by atoms with Gasteiger partial charge in [0.05, 0.1) is 0 Å². The highest BCUT2D eigenvalue weighted by molar-refractivity contribution is 5.20. The van der Waals surface area contributed by atoms with Crippen LogP contribution in [0.5, 0.6) is 0 Å². The van der Waals surface area contributed by atoms with Crippen LogP contribution in [0.4, 0.5) is 4.39 Å². The number of nitrogens with two attached hydrogens (primary N) is 1. The third kappa shape index (κ3) is 3.62. The lowest BCUT2D eigenvalue weighted by Gasteiger charge is -2.27. The van der Waals surface area contributed by atoms with Crippen LogP contribution in [0.1, 0.15) is 22.9 Å². The summed E-state index contributed by atoms with van der Waals surface area (Å²) in [5.74, 6) is -0.211. The summed E-state index contributed by atoms with van der Waals surface area (Å²) in [4.78, 5) is 6.42. The quantitative estimate of drug-likeness (QED) is 0.910. The van der Waals surface area contributed by atoms with Crippen LogP contribution in [-0.2, 0) is 6.54 Å². The molecule has 1 unspecified atom stereocenters. The highest BCUT2D eigenvalue weighted by atomic mass is 19.1. The van der Waals surface area contributed by atoms with Crippen molar-refractivity contribution in [1.29, 1.82) is 0 Å². The Kier molecular flexibility index (Phi) is 4.82. The van der Waals surface area contributed by atoms with Gasteiger partial charge in [-0.1, -0.05) is 18.2 Å². The standard InChI is InChI=1S/C16H20FN3/c1-12-6-7-14(10-19-12)16(9-18)20(2)11-13-4-3-5-15(17)8-13/h3-8,10,16H,9,11,18H2,1-2H3. The summed E-state index contributed by atoms with van der Waals surface area (Å²) in [5, 5.41) is 0. The molecular weight excluding hydrogens is 253 g/mol. The molecular formula is C16H20FN3. The van der Waals surface area contributed by atoms with Crippen LogP contribution in [0.15, 0.2) is 42.6 Å². The fraction of sp³-hybridized carbons (Fsp3) is 0.312. The van der Waals surface area contributed by atoms with E-state index in [2.05, 4.69) is 9.88 Å². The van der Waals surface area contributed by atoms with Gasteiger partial charge < -0.3 is 5.73 Å². The highest BCUT2D eigenvalue weighted by Gasteiger charge is 2.16. The van der Waals surface area contributed by atoms with E-state index < -0.39 is 0 Å². The molecule has 2 rings (SSSR count). The second kappa shape index (κ2) is 6.59. The second-order valence-corrected chi connectivity index (χ2v) is 5.03. The van der Waals surface area contributed by atoms with E-state index in [1.807, 2.05) is 38.4 Å². The zero-order valence-corrected chi connectivity index (χ0v) is 11.9. The lowest BCUT2D eigenvalue weighted by molar-refractivity contribution is 0.241. The maximum Gasteiger partial charge on any atom is 0.123 e. The summed E-state index contributed by atoms with van der Waals surface area (Å²) >= 11 is 0. The molecule has 0 saturated carbocycles. The van der Waals surface area contributed by atoms with E-state index in [0.29, 0.717) is 13.1 Å². The molecule has 2 aromatic rings. The van der Waals surface area contributed by atoms with Crippen molar-refractivity contribution in [3.8, 4) is 0 Å². The zero-order valence-electron chi connectivity index (χ0n) is 11.9. The molecule has 0 aliphatic rings. The average Bonchev–Trinajstić information content (AvgIpc) is 2.42. The number of benzene rings is 1. The van der Waals surface area contributed by atoms with Gasteiger partial charge in [0, 0.05) is 31.0 Å². The molecule has 0 bridgehead atoms. The summed E-state index contributed by atoms with van der Waals surface area (Å²) in [7, 11) is 1.99.